The van der Waals surface area contributed by atoms with E-state index < -0.39 is 0 Å². The summed E-state index contributed by atoms with van der Waals surface area (Å²) in [6.45, 7) is 5.07. The smallest absolute Gasteiger partial charge is 0.220 e. The molecule has 1 amide bonds. The quantitative estimate of drug-likeness (QED) is 0.702. The van der Waals surface area contributed by atoms with Crippen molar-refractivity contribution in [3.63, 3.8) is 0 Å². The third kappa shape index (κ3) is 5.73. The van der Waals surface area contributed by atoms with Crippen LogP contribution in [-0.2, 0) is 17.8 Å². The van der Waals surface area contributed by atoms with Crippen molar-refractivity contribution in [2.24, 2.45) is 0 Å². The Bertz CT molecular complexity index is 787. The van der Waals surface area contributed by atoms with Crippen LogP contribution >= 0.6 is 0 Å². The summed E-state index contributed by atoms with van der Waals surface area (Å²) >= 11 is 0. The Morgan fingerprint density at radius 1 is 1.17 bits per heavy atom. The number of carbonyl (C=O) groups is 1. The van der Waals surface area contributed by atoms with Crippen LogP contribution in [0, 0.1) is 0 Å². The minimum atomic E-state index is 0.0906. The van der Waals surface area contributed by atoms with Gasteiger partial charge in [-0.05, 0) is 62.5 Å². The van der Waals surface area contributed by atoms with Crippen molar-refractivity contribution in [3.8, 4) is 11.5 Å². The number of likely N-dealkylation sites (tertiary alicyclic amines) is 1. The largest absolute Gasteiger partial charge is 0.486 e. The summed E-state index contributed by atoms with van der Waals surface area (Å²) in [5.74, 6) is 1.72. The van der Waals surface area contributed by atoms with Gasteiger partial charge in [0, 0.05) is 37.9 Å². The average Bonchev–Trinajstić information content (AvgIpc) is 3.42. The van der Waals surface area contributed by atoms with Crippen molar-refractivity contribution in [1.82, 2.24) is 20.0 Å². The molecule has 1 aromatic carbocycles. The zero-order chi connectivity index (χ0) is 19.9. The van der Waals surface area contributed by atoms with Crippen molar-refractivity contribution in [2.75, 3.05) is 32.8 Å². The van der Waals surface area contributed by atoms with E-state index in [0.717, 1.165) is 56.1 Å². The average molecular weight is 399 g/mol. The second-order valence-corrected chi connectivity index (χ2v) is 7.83. The van der Waals surface area contributed by atoms with Gasteiger partial charge >= 0.3 is 0 Å². The fourth-order valence-electron chi connectivity index (χ4n) is 4.07. The van der Waals surface area contributed by atoms with Gasteiger partial charge in [0.25, 0.3) is 0 Å². The minimum Gasteiger partial charge on any atom is -0.486 e. The van der Waals surface area contributed by atoms with Crippen molar-refractivity contribution < 1.29 is 14.3 Å². The van der Waals surface area contributed by atoms with Crippen LogP contribution in [0.15, 0.2) is 36.7 Å². The Labute approximate surface area is 172 Å². The Kier molecular flexibility index (Phi) is 6.67. The second-order valence-electron chi connectivity index (χ2n) is 7.83. The molecule has 1 N–H and O–H groups in total. The van der Waals surface area contributed by atoms with Gasteiger partial charge in [0.2, 0.25) is 5.91 Å². The van der Waals surface area contributed by atoms with E-state index in [1.165, 1.54) is 12.8 Å². The highest BCUT2D eigenvalue weighted by Gasteiger charge is 2.21. The van der Waals surface area contributed by atoms with E-state index in [1.54, 1.807) is 6.20 Å². The molecule has 0 saturated carbocycles. The maximum Gasteiger partial charge on any atom is 0.220 e. The molecule has 3 heterocycles. The Morgan fingerprint density at radius 3 is 2.79 bits per heavy atom. The highest BCUT2D eigenvalue weighted by molar-refractivity contribution is 5.76. The highest BCUT2D eigenvalue weighted by atomic mass is 16.6. The number of carbonyl (C=O) groups excluding carboxylic acids is 1. The van der Waals surface area contributed by atoms with Gasteiger partial charge < -0.3 is 19.7 Å². The maximum absolute atomic E-state index is 12.6. The van der Waals surface area contributed by atoms with Gasteiger partial charge in [-0.2, -0.15) is 5.10 Å². The first-order valence-electron chi connectivity index (χ1n) is 10.6. The molecule has 0 radical (unpaired) electrons. The molecule has 1 fully saturated rings. The topological polar surface area (TPSA) is 68.6 Å². The number of benzene rings is 1. The SMILES string of the molecule is O=C(CCCn1cccn1)NC(Cc1ccc2c(c1)OCCO2)CN1CCCC1. The minimum absolute atomic E-state index is 0.0906. The first-order chi connectivity index (χ1) is 14.3. The highest BCUT2D eigenvalue weighted by Crippen LogP contribution is 2.31. The molecule has 1 aromatic heterocycles. The number of aromatic nitrogens is 2. The van der Waals surface area contributed by atoms with Crippen LogP contribution in [0.4, 0.5) is 0 Å². The van der Waals surface area contributed by atoms with Crippen LogP contribution < -0.4 is 14.8 Å². The summed E-state index contributed by atoms with van der Waals surface area (Å²) in [6, 6.07) is 8.10. The molecule has 1 atom stereocenters. The van der Waals surface area contributed by atoms with Crippen LogP contribution in [0.1, 0.15) is 31.2 Å². The lowest BCUT2D eigenvalue weighted by molar-refractivity contribution is -0.122. The number of amides is 1. The van der Waals surface area contributed by atoms with Gasteiger partial charge in [-0.1, -0.05) is 6.07 Å². The molecule has 1 saturated heterocycles. The number of aryl methyl sites for hydroxylation is 1. The van der Waals surface area contributed by atoms with E-state index >= 15 is 0 Å². The van der Waals surface area contributed by atoms with Crippen LogP contribution in [0.3, 0.4) is 0 Å². The predicted octanol–water partition coefficient (Wildman–Crippen LogP) is 2.26. The summed E-state index contributed by atoms with van der Waals surface area (Å²) in [5, 5.41) is 7.46. The van der Waals surface area contributed by atoms with Crippen molar-refractivity contribution in [1.29, 1.82) is 0 Å². The fourth-order valence-corrected chi connectivity index (χ4v) is 4.07. The molecule has 2 aliphatic rings. The fraction of sp³-hybridized carbons (Fsp3) is 0.545. The molecule has 2 aromatic rings. The van der Waals surface area contributed by atoms with Gasteiger partial charge in [0.05, 0.1) is 0 Å². The molecule has 0 bridgehead atoms. The lowest BCUT2D eigenvalue weighted by Gasteiger charge is -2.25. The number of nitrogens with zero attached hydrogens (tertiary/aromatic N) is 3. The predicted molar refractivity (Wildman–Crippen MR) is 110 cm³/mol. The number of hydrogen-bond acceptors (Lipinski definition) is 5. The molecular formula is C22H30N4O3. The lowest BCUT2D eigenvalue weighted by Crippen LogP contribution is -2.44. The first-order valence-corrected chi connectivity index (χ1v) is 10.6. The molecule has 1 unspecified atom stereocenters. The number of ether oxygens (including phenoxy) is 2. The van der Waals surface area contributed by atoms with Crippen molar-refractivity contribution in [2.45, 2.75) is 44.7 Å². The summed E-state index contributed by atoms with van der Waals surface area (Å²) in [6.07, 6.45) is 8.27. The molecule has 0 spiro atoms. The Balaban J connectivity index is 1.34. The molecular weight excluding hydrogens is 368 g/mol. The van der Waals surface area contributed by atoms with Gasteiger partial charge in [-0.3, -0.25) is 9.48 Å². The van der Waals surface area contributed by atoms with E-state index in [2.05, 4.69) is 27.4 Å². The molecule has 7 nitrogen and oxygen atoms in total. The van der Waals surface area contributed by atoms with Gasteiger partial charge in [0.15, 0.2) is 11.5 Å². The Hall–Kier alpha value is -2.54. The summed E-state index contributed by atoms with van der Waals surface area (Å²) < 4.78 is 13.2. The van der Waals surface area contributed by atoms with Crippen LogP contribution in [0.25, 0.3) is 0 Å². The van der Waals surface area contributed by atoms with E-state index in [1.807, 2.05) is 23.0 Å². The van der Waals surface area contributed by atoms with Crippen LogP contribution in [0.2, 0.25) is 0 Å². The Morgan fingerprint density at radius 2 is 2.00 bits per heavy atom. The molecule has 7 heteroatoms. The zero-order valence-corrected chi connectivity index (χ0v) is 16.9. The summed E-state index contributed by atoms with van der Waals surface area (Å²) in [7, 11) is 0. The molecule has 0 aliphatic carbocycles. The third-order valence-corrected chi connectivity index (χ3v) is 5.48. The number of fused-ring (bicyclic) bond motifs is 1. The standard InChI is InChI=1S/C22H30N4O3/c27-22(5-3-11-26-12-4-8-23-26)24-19(17-25-9-1-2-10-25)15-18-6-7-20-21(16-18)29-14-13-28-20/h4,6-8,12,16,19H,1-3,5,9-11,13-15,17H2,(H,24,27). The zero-order valence-electron chi connectivity index (χ0n) is 16.9. The summed E-state index contributed by atoms with van der Waals surface area (Å²) in [5.41, 5.74) is 1.16. The molecule has 4 rings (SSSR count). The molecule has 156 valence electrons. The number of nitrogens with one attached hydrogen (secondary N) is 1. The van der Waals surface area contributed by atoms with Crippen molar-refractivity contribution >= 4 is 5.91 Å². The van der Waals surface area contributed by atoms with Crippen LogP contribution in [-0.4, -0.2) is 59.5 Å². The van der Waals surface area contributed by atoms with Gasteiger partial charge in [-0.25, -0.2) is 0 Å². The number of rotatable bonds is 9. The van der Waals surface area contributed by atoms with Crippen molar-refractivity contribution in [3.05, 3.63) is 42.2 Å². The second kappa shape index (κ2) is 9.78. The third-order valence-electron chi connectivity index (χ3n) is 5.48. The normalized spacial score (nSPS) is 17.2. The van der Waals surface area contributed by atoms with E-state index in [4.69, 9.17) is 9.47 Å². The van der Waals surface area contributed by atoms with Gasteiger partial charge in [-0.15, -0.1) is 0 Å². The van der Waals surface area contributed by atoms with E-state index in [0.29, 0.717) is 19.6 Å². The van der Waals surface area contributed by atoms with Gasteiger partial charge in [0.1, 0.15) is 13.2 Å². The number of hydrogen-bond donors (Lipinski definition) is 1. The monoisotopic (exact) mass is 398 g/mol. The molecule has 2 aliphatic heterocycles. The summed E-state index contributed by atoms with van der Waals surface area (Å²) in [4.78, 5) is 15.0. The first kappa shape index (κ1) is 19.8. The molecule has 29 heavy (non-hydrogen) atoms. The maximum atomic E-state index is 12.6. The lowest BCUT2D eigenvalue weighted by atomic mass is 10.0. The van der Waals surface area contributed by atoms with E-state index in [9.17, 15) is 4.79 Å². The van der Waals surface area contributed by atoms with Crippen LogP contribution in [0.5, 0.6) is 11.5 Å². The van der Waals surface area contributed by atoms with E-state index in [-0.39, 0.29) is 11.9 Å².